The van der Waals surface area contributed by atoms with Crippen LogP contribution in [0.15, 0.2) is 12.1 Å². The molecule has 1 aliphatic heterocycles. The number of thiophene rings is 1. The molecule has 1 N–H and O–H groups in total. The van der Waals surface area contributed by atoms with E-state index in [9.17, 15) is 0 Å². The number of nitrogens with zero attached hydrogens (tertiary/aromatic N) is 1. The van der Waals surface area contributed by atoms with Crippen molar-refractivity contribution in [3.63, 3.8) is 0 Å². The molecule has 2 nitrogen and oxygen atoms in total. The maximum Gasteiger partial charge on any atom is 0.0470 e. The second-order valence-corrected chi connectivity index (χ2v) is 6.78. The van der Waals surface area contributed by atoms with Crippen LogP contribution < -0.4 is 5.32 Å². The Morgan fingerprint density at radius 2 is 1.95 bits per heavy atom. The Hall–Kier alpha value is 0.200. The molecule has 0 bridgehead atoms. The van der Waals surface area contributed by atoms with Crippen LogP contribution in [0.25, 0.3) is 0 Å². The molecule has 1 aliphatic carbocycles. The fourth-order valence-corrected chi connectivity index (χ4v) is 4.35. The summed E-state index contributed by atoms with van der Waals surface area (Å²) in [6.45, 7) is 7.03. The Labute approximate surface area is 139 Å². The number of hydrogen-bond acceptors (Lipinski definition) is 3. The van der Waals surface area contributed by atoms with E-state index >= 15 is 0 Å². The summed E-state index contributed by atoms with van der Waals surface area (Å²) in [5, 5.41) is 3.47. The molecule has 2 heterocycles. The molecule has 0 radical (unpaired) electrons. The van der Waals surface area contributed by atoms with Gasteiger partial charge in [0.25, 0.3) is 0 Å². The quantitative estimate of drug-likeness (QED) is 0.896. The van der Waals surface area contributed by atoms with E-state index in [0.717, 1.165) is 19.0 Å². The molecule has 0 spiro atoms. The van der Waals surface area contributed by atoms with E-state index in [1.807, 2.05) is 0 Å². The summed E-state index contributed by atoms with van der Waals surface area (Å²) in [5.41, 5.74) is 0. The third kappa shape index (κ3) is 3.89. The van der Waals surface area contributed by atoms with E-state index in [1.165, 1.54) is 38.8 Å². The zero-order chi connectivity index (χ0) is 12.4. The number of piperazine rings is 1. The summed E-state index contributed by atoms with van der Waals surface area (Å²) < 4.78 is 0. The fourth-order valence-electron chi connectivity index (χ4n) is 3.17. The first kappa shape index (κ1) is 18.2. The minimum Gasteiger partial charge on any atom is -0.314 e. The zero-order valence-electron chi connectivity index (χ0n) is 12.1. The first-order valence-corrected chi connectivity index (χ1v) is 8.23. The second kappa shape index (κ2) is 8.60. The van der Waals surface area contributed by atoms with E-state index in [0.29, 0.717) is 6.04 Å². The highest BCUT2D eigenvalue weighted by Crippen LogP contribution is 2.43. The molecule has 1 atom stereocenters. The van der Waals surface area contributed by atoms with Crippen LogP contribution in [-0.4, -0.2) is 31.1 Å². The van der Waals surface area contributed by atoms with Gasteiger partial charge in [0.15, 0.2) is 0 Å². The van der Waals surface area contributed by atoms with Crippen LogP contribution in [0.4, 0.5) is 0 Å². The van der Waals surface area contributed by atoms with Gasteiger partial charge >= 0.3 is 0 Å². The Balaban J connectivity index is 0.000001000. The largest absolute Gasteiger partial charge is 0.314 e. The lowest BCUT2D eigenvalue weighted by Gasteiger charge is -2.42. The van der Waals surface area contributed by atoms with Gasteiger partial charge in [-0.15, -0.1) is 36.2 Å². The van der Waals surface area contributed by atoms with Crippen LogP contribution >= 0.6 is 36.2 Å². The third-order valence-corrected chi connectivity index (χ3v) is 5.76. The van der Waals surface area contributed by atoms with Crippen molar-refractivity contribution >= 4 is 36.2 Å². The molecule has 1 saturated heterocycles. The highest BCUT2D eigenvalue weighted by molar-refractivity contribution is 7.12. The van der Waals surface area contributed by atoms with Gasteiger partial charge in [-0.05, 0) is 37.3 Å². The molecule has 1 saturated carbocycles. The first-order valence-electron chi connectivity index (χ1n) is 7.42. The molecular formula is C15H26Cl2N2S. The van der Waals surface area contributed by atoms with Crippen LogP contribution in [-0.2, 0) is 6.42 Å². The molecule has 1 aromatic rings. The van der Waals surface area contributed by atoms with E-state index in [-0.39, 0.29) is 24.8 Å². The number of hydrogen-bond donors (Lipinski definition) is 1. The number of rotatable bonds is 4. The summed E-state index contributed by atoms with van der Waals surface area (Å²) in [7, 11) is 0. The van der Waals surface area contributed by atoms with Crippen molar-refractivity contribution in [3.8, 4) is 0 Å². The van der Waals surface area contributed by atoms with Crippen LogP contribution in [0.5, 0.6) is 0 Å². The highest BCUT2D eigenvalue weighted by atomic mass is 35.5. The molecule has 2 aliphatic rings. The molecule has 3 rings (SSSR count). The van der Waals surface area contributed by atoms with Crippen molar-refractivity contribution in [3.05, 3.63) is 21.9 Å². The van der Waals surface area contributed by atoms with Crippen LogP contribution in [0.3, 0.4) is 0 Å². The average molecular weight is 337 g/mol. The van der Waals surface area contributed by atoms with Gasteiger partial charge in [0.1, 0.15) is 0 Å². The lowest BCUT2D eigenvalue weighted by Crippen LogP contribution is -2.47. The van der Waals surface area contributed by atoms with Gasteiger partial charge in [0.2, 0.25) is 0 Å². The van der Waals surface area contributed by atoms with Gasteiger partial charge in [-0.25, -0.2) is 0 Å². The maximum atomic E-state index is 3.47. The van der Waals surface area contributed by atoms with Gasteiger partial charge in [-0.1, -0.05) is 13.3 Å². The van der Waals surface area contributed by atoms with Crippen LogP contribution in [0.2, 0.25) is 0 Å². The van der Waals surface area contributed by atoms with Gasteiger partial charge in [0, 0.05) is 42.0 Å². The predicted molar refractivity (Wildman–Crippen MR) is 92.7 cm³/mol. The number of nitrogens with one attached hydrogen (secondary N) is 1. The molecule has 116 valence electrons. The molecule has 0 amide bonds. The molecule has 5 heteroatoms. The van der Waals surface area contributed by atoms with E-state index in [4.69, 9.17) is 0 Å². The molecule has 20 heavy (non-hydrogen) atoms. The minimum absolute atomic E-state index is 0. The maximum absolute atomic E-state index is 3.47. The summed E-state index contributed by atoms with van der Waals surface area (Å²) in [6.07, 6.45) is 5.50. The normalized spacial score (nSPS) is 21.4. The molecular weight excluding hydrogens is 311 g/mol. The van der Waals surface area contributed by atoms with Crippen LogP contribution in [0, 0.1) is 5.92 Å². The summed E-state index contributed by atoms with van der Waals surface area (Å²) in [5.74, 6) is 0.923. The molecule has 0 aromatic carbocycles. The highest BCUT2D eigenvalue weighted by Gasteiger charge is 2.34. The monoisotopic (exact) mass is 336 g/mol. The van der Waals surface area contributed by atoms with E-state index < -0.39 is 0 Å². The van der Waals surface area contributed by atoms with Gasteiger partial charge < -0.3 is 5.32 Å². The SMILES string of the molecule is CCc1ccc([C@@H](C2CCC2)N2CCNCC2)s1.Cl.Cl. The fraction of sp³-hybridized carbons (Fsp3) is 0.733. The molecule has 0 unspecified atom stereocenters. The van der Waals surface area contributed by atoms with Crippen molar-refractivity contribution in [2.24, 2.45) is 5.92 Å². The van der Waals surface area contributed by atoms with E-state index in [2.05, 4.69) is 40.6 Å². The van der Waals surface area contributed by atoms with Crippen molar-refractivity contribution in [1.82, 2.24) is 10.2 Å². The Bertz CT molecular complexity index is 387. The van der Waals surface area contributed by atoms with Crippen LogP contribution in [0.1, 0.15) is 42.0 Å². The Morgan fingerprint density at radius 1 is 1.25 bits per heavy atom. The average Bonchev–Trinajstić information content (AvgIpc) is 2.83. The lowest BCUT2D eigenvalue weighted by atomic mass is 9.78. The third-order valence-electron chi connectivity index (χ3n) is 4.46. The standard InChI is InChI=1S/C15H24N2S.2ClH/c1-2-13-6-7-14(18-13)15(12-4-3-5-12)17-10-8-16-9-11-17;;/h6-7,12,15-16H,2-5,8-11H2,1H3;2*1H/t15-;;/m1../s1. The number of aryl methyl sites for hydroxylation is 1. The van der Waals surface area contributed by atoms with Gasteiger partial charge in [0.05, 0.1) is 0 Å². The lowest BCUT2D eigenvalue weighted by molar-refractivity contribution is 0.0860. The van der Waals surface area contributed by atoms with Crippen molar-refractivity contribution in [2.75, 3.05) is 26.2 Å². The Morgan fingerprint density at radius 3 is 2.45 bits per heavy atom. The van der Waals surface area contributed by atoms with E-state index in [1.54, 1.807) is 9.75 Å². The molecule has 1 aromatic heterocycles. The zero-order valence-corrected chi connectivity index (χ0v) is 14.6. The predicted octanol–water partition coefficient (Wildman–Crippen LogP) is 3.90. The van der Waals surface area contributed by atoms with Gasteiger partial charge in [-0.2, -0.15) is 0 Å². The minimum atomic E-state index is 0. The van der Waals surface area contributed by atoms with Crippen molar-refractivity contribution in [1.29, 1.82) is 0 Å². The molecule has 2 fully saturated rings. The summed E-state index contributed by atoms with van der Waals surface area (Å²) in [6, 6.07) is 5.45. The smallest absolute Gasteiger partial charge is 0.0470 e. The first-order chi connectivity index (χ1) is 8.88. The summed E-state index contributed by atoms with van der Waals surface area (Å²) >= 11 is 2.05. The van der Waals surface area contributed by atoms with Crippen molar-refractivity contribution in [2.45, 2.75) is 38.6 Å². The van der Waals surface area contributed by atoms with Gasteiger partial charge in [-0.3, -0.25) is 4.90 Å². The Kier molecular flexibility index (Phi) is 7.84. The van der Waals surface area contributed by atoms with Crippen molar-refractivity contribution < 1.29 is 0 Å². The summed E-state index contributed by atoms with van der Waals surface area (Å²) in [4.78, 5) is 5.90. The number of halogens is 2. The topological polar surface area (TPSA) is 15.3 Å². The second-order valence-electron chi connectivity index (χ2n) is 5.58.